The lowest BCUT2D eigenvalue weighted by atomic mass is 9.33. The van der Waals surface area contributed by atoms with Gasteiger partial charge in [-0.05, 0) is 129 Å². The molecule has 0 saturated heterocycles. The second-order valence-corrected chi connectivity index (χ2v) is 21.4. The molecule has 2 aliphatic heterocycles. The minimum atomic E-state index is -0.206. The van der Waals surface area contributed by atoms with E-state index < -0.39 is 0 Å². The largest absolute Gasteiger partial charge is 0.313 e. The molecule has 0 atom stereocenters. The smallest absolute Gasteiger partial charge is 0.251 e. The van der Waals surface area contributed by atoms with Gasteiger partial charge in [0, 0.05) is 61.6 Å². The van der Waals surface area contributed by atoms with Gasteiger partial charge in [0.25, 0.3) is 6.71 Å². The van der Waals surface area contributed by atoms with E-state index in [0.717, 1.165) is 100 Å². The van der Waals surface area contributed by atoms with E-state index in [1.54, 1.807) is 0 Å². The number of para-hydroxylation sites is 2. The standard InChI is InChI=1S/C70H46BN9/c1-70(2,3)50-28-30-54-55-37-48(27-34-59(55)80(61(54)40-50)60-33-26-44(42-72)35-56(60)69-76-67(46-17-9-5-10-18-46)75-68(77-69)47-19-11-6-12-20-47)49-38-64-66-65(39-49)79(53-23-15-8-16-24-53)63-41-51(74-4)29-32-58(63)71(66)57-31-25-45(43-73)36-62(57)78(64)52-21-13-7-14-22-52/h5-41H,1-3H3. The van der Waals surface area contributed by atoms with Gasteiger partial charge >= 0.3 is 0 Å². The van der Waals surface area contributed by atoms with Crippen molar-refractivity contribution in [2.24, 2.45) is 0 Å². The molecule has 10 aromatic carbocycles. The molecule has 0 aliphatic carbocycles. The molecule has 9 nitrogen and oxygen atoms in total. The number of aromatic nitrogens is 4. The Morgan fingerprint density at radius 2 is 1.00 bits per heavy atom. The van der Waals surface area contributed by atoms with Crippen LogP contribution in [0.3, 0.4) is 0 Å². The molecule has 0 unspecified atom stereocenters. The maximum atomic E-state index is 10.5. The Hall–Kier alpha value is -10.9. The fraction of sp³-hybridized carbons (Fsp3) is 0.0571. The van der Waals surface area contributed by atoms with Gasteiger partial charge in [0.15, 0.2) is 23.2 Å². The number of nitrogens with zero attached hydrogens (tertiary/aromatic N) is 9. The van der Waals surface area contributed by atoms with Gasteiger partial charge in [-0.3, -0.25) is 0 Å². The summed E-state index contributed by atoms with van der Waals surface area (Å²) in [5.41, 5.74) is 18.9. The molecule has 2 aromatic heterocycles. The Morgan fingerprint density at radius 3 is 1.59 bits per heavy atom. The van der Waals surface area contributed by atoms with Crippen molar-refractivity contribution < 1.29 is 0 Å². The molecule has 0 N–H and O–H groups in total. The molecule has 0 amide bonds. The Morgan fingerprint density at radius 1 is 0.450 bits per heavy atom. The summed E-state index contributed by atoms with van der Waals surface area (Å²) < 4.78 is 2.30. The highest BCUT2D eigenvalue weighted by molar-refractivity contribution is 7.00. The molecule has 0 saturated carbocycles. The molecule has 0 fully saturated rings. The third-order valence-electron chi connectivity index (χ3n) is 15.6. The molecule has 374 valence electrons. The van der Waals surface area contributed by atoms with E-state index in [0.29, 0.717) is 39.9 Å². The molecule has 4 heterocycles. The van der Waals surface area contributed by atoms with Crippen LogP contribution in [-0.2, 0) is 5.41 Å². The molecule has 0 bridgehead atoms. The number of anilines is 6. The van der Waals surface area contributed by atoms with Crippen molar-refractivity contribution >= 4 is 84.7 Å². The van der Waals surface area contributed by atoms with Crippen LogP contribution in [0.4, 0.5) is 39.8 Å². The van der Waals surface area contributed by atoms with E-state index in [9.17, 15) is 10.5 Å². The quantitative estimate of drug-likeness (QED) is 0.116. The highest BCUT2D eigenvalue weighted by Gasteiger charge is 2.44. The van der Waals surface area contributed by atoms with Crippen molar-refractivity contribution in [3.05, 3.63) is 253 Å². The van der Waals surface area contributed by atoms with Gasteiger partial charge in [-0.1, -0.05) is 154 Å². The first-order valence-electron chi connectivity index (χ1n) is 26.6. The van der Waals surface area contributed by atoms with Gasteiger partial charge < -0.3 is 14.4 Å². The van der Waals surface area contributed by atoms with Crippen molar-refractivity contribution in [3.63, 3.8) is 0 Å². The topological polar surface area (TPSA) is 102 Å². The normalized spacial score (nSPS) is 12.3. The first kappa shape index (κ1) is 47.6. The van der Waals surface area contributed by atoms with E-state index in [-0.39, 0.29) is 12.1 Å². The number of rotatable bonds is 7. The van der Waals surface area contributed by atoms with Gasteiger partial charge in [-0.25, -0.2) is 19.8 Å². The summed E-state index contributed by atoms with van der Waals surface area (Å²) in [6.45, 7) is 14.7. The lowest BCUT2D eigenvalue weighted by molar-refractivity contribution is 0.591. The Labute approximate surface area is 464 Å². The lowest BCUT2D eigenvalue weighted by Crippen LogP contribution is -2.61. The van der Waals surface area contributed by atoms with Crippen LogP contribution in [-0.4, -0.2) is 26.2 Å². The predicted octanol–water partition coefficient (Wildman–Crippen LogP) is 15.3. The Kier molecular flexibility index (Phi) is 11.1. The first-order valence-corrected chi connectivity index (χ1v) is 26.6. The molecule has 14 rings (SSSR count). The van der Waals surface area contributed by atoms with Crippen molar-refractivity contribution in [1.82, 2.24) is 19.5 Å². The SMILES string of the molecule is [C-]#[N+]c1ccc2c(c1)N(c1ccccc1)c1cc(-c3ccc4c(c3)c3ccc(C(C)(C)C)cc3n4-c3ccc(C#N)cc3-c3nc(-c4ccccc4)nc(-c4ccccc4)n3)cc3c1B2c1ccc(C#N)cc1N3c1ccccc1. The van der Waals surface area contributed by atoms with Crippen LogP contribution in [0.15, 0.2) is 224 Å². The summed E-state index contributed by atoms with van der Waals surface area (Å²) in [5.74, 6) is 1.51. The molecular formula is C70H46BN9. The highest BCUT2D eigenvalue weighted by atomic mass is 15.2. The maximum absolute atomic E-state index is 10.5. The van der Waals surface area contributed by atoms with Crippen molar-refractivity contribution in [2.45, 2.75) is 26.2 Å². The summed E-state index contributed by atoms with van der Waals surface area (Å²) in [4.78, 5) is 24.0. The maximum Gasteiger partial charge on any atom is 0.251 e. The van der Waals surface area contributed by atoms with Crippen LogP contribution in [0.2, 0.25) is 0 Å². The monoisotopic (exact) mass is 1020 g/mol. The Bertz CT molecular complexity index is 4440. The highest BCUT2D eigenvalue weighted by Crippen LogP contribution is 2.48. The predicted molar refractivity (Wildman–Crippen MR) is 324 cm³/mol. The Balaban J connectivity index is 1.04. The number of hydrogen-bond acceptors (Lipinski definition) is 7. The van der Waals surface area contributed by atoms with Gasteiger partial charge in [0.1, 0.15) is 0 Å². The van der Waals surface area contributed by atoms with Crippen LogP contribution in [0.5, 0.6) is 0 Å². The molecule has 2 aliphatic rings. The first-order chi connectivity index (χ1) is 39.1. The second-order valence-electron chi connectivity index (χ2n) is 21.4. The van der Waals surface area contributed by atoms with Crippen LogP contribution in [0.25, 0.3) is 77.6 Å². The fourth-order valence-electron chi connectivity index (χ4n) is 11.8. The zero-order valence-corrected chi connectivity index (χ0v) is 44.0. The number of hydrogen-bond donors (Lipinski definition) is 0. The molecule has 12 aromatic rings. The number of benzene rings is 10. The molecule has 0 radical (unpaired) electrons. The summed E-state index contributed by atoms with van der Waals surface area (Å²) >= 11 is 0. The third kappa shape index (κ3) is 7.79. The molecule has 0 spiro atoms. The van der Waals surface area contributed by atoms with Gasteiger partial charge in [0.05, 0.1) is 46.6 Å². The summed E-state index contributed by atoms with van der Waals surface area (Å²) in [5, 5.41) is 23.0. The van der Waals surface area contributed by atoms with Crippen molar-refractivity contribution in [2.75, 3.05) is 9.80 Å². The molecule has 80 heavy (non-hydrogen) atoms. The van der Waals surface area contributed by atoms with Crippen LogP contribution in [0.1, 0.15) is 37.5 Å². The minimum Gasteiger partial charge on any atom is -0.313 e. The lowest BCUT2D eigenvalue weighted by Gasteiger charge is -2.44. The number of nitriles is 2. The minimum absolute atomic E-state index is 0.171. The zero-order valence-electron chi connectivity index (χ0n) is 44.0. The second kappa shape index (κ2) is 18.7. The third-order valence-corrected chi connectivity index (χ3v) is 15.6. The number of fused-ring (bicyclic) bond motifs is 7. The summed E-state index contributed by atoms with van der Waals surface area (Å²) in [7, 11) is 0. The van der Waals surface area contributed by atoms with Crippen LogP contribution >= 0.6 is 0 Å². The van der Waals surface area contributed by atoms with Crippen LogP contribution in [0, 0.1) is 29.2 Å². The van der Waals surface area contributed by atoms with Crippen molar-refractivity contribution in [3.8, 4) is 63.1 Å². The van der Waals surface area contributed by atoms with Crippen LogP contribution < -0.4 is 26.2 Å². The summed E-state index contributed by atoms with van der Waals surface area (Å²) in [6, 6.07) is 81.6. The molecule has 10 heteroatoms. The average molecular weight is 1020 g/mol. The van der Waals surface area contributed by atoms with E-state index in [1.807, 2.05) is 115 Å². The van der Waals surface area contributed by atoms with E-state index >= 15 is 0 Å². The van der Waals surface area contributed by atoms with E-state index in [2.05, 4.69) is 161 Å². The molecular weight excluding hydrogens is 978 g/mol. The zero-order chi connectivity index (χ0) is 54.2. The van der Waals surface area contributed by atoms with E-state index in [1.165, 1.54) is 5.56 Å². The van der Waals surface area contributed by atoms with E-state index in [4.69, 9.17) is 21.5 Å². The van der Waals surface area contributed by atoms with Gasteiger partial charge in [-0.15, -0.1) is 0 Å². The summed E-state index contributed by atoms with van der Waals surface area (Å²) in [6.07, 6.45) is 0. The van der Waals surface area contributed by atoms with Gasteiger partial charge in [-0.2, -0.15) is 10.5 Å². The van der Waals surface area contributed by atoms with Crippen molar-refractivity contribution in [1.29, 1.82) is 10.5 Å². The average Bonchev–Trinajstić information content (AvgIpc) is 3.94. The fourth-order valence-corrected chi connectivity index (χ4v) is 11.8. The van der Waals surface area contributed by atoms with Gasteiger partial charge in [0.2, 0.25) is 0 Å².